The number of aromatic nitrogens is 2. The first-order valence-electron chi connectivity index (χ1n) is 8.97. The van der Waals surface area contributed by atoms with Gasteiger partial charge in [0.25, 0.3) is 0 Å². The van der Waals surface area contributed by atoms with Crippen LogP contribution in [0.15, 0.2) is 36.7 Å². The monoisotopic (exact) mass is 353 g/mol. The van der Waals surface area contributed by atoms with E-state index < -0.39 is 0 Å². The Morgan fingerprint density at radius 3 is 2.69 bits per heavy atom. The molecule has 3 heterocycles. The molecular weight excluding hydrogens is 330 g/mol. The summed E-state index contributed by atoms with van der Waals surface area (Å²) in [7, 11) is 1.88. The molecule has 1 amide bonds. The van der Waals surface area contributed by atoms with Crippen LogP contribution in [0.2, 0.25) is 0 Å². The van der Waals surface area contributed by atoms with Crippen LogP contribution >= 0.6 is 0 Å². The van der Waals surface area contributed by atoms with E-state index in [1.165, 1.54) is 0 Å². The molecule has 136 valence electrons. The molecule has 1 aromatic heterocycles. The summed E-state index contributed by atoms with van der Waals surface area (Å²) in [5.41, 5.74) is 1.80. The second-order valence-corrected chi connectivity index (χ2v) is 6.84. The number of hydrogen-bond donors (Lipinski definition) is 1. The molecule has 2 aliphatic rings. The molecule has 0 saturated carbocycles. The first kappa shape index (κ1) is 16.8. The first-order valence-corrected chi connectivity index (χ1v) is 8.97. The molecule has 0 aliphatic carbocycles. The van der Waals surface area contributed by atoms with E-state index in [0.29, 0.717) is 6.54 Å². The highest BCUT2D eigenvalue weighted by atomic mass is 16.3. The summed E-state index contributed by atoms with van der Waals surface area (Å²) in [6.07, 6.45) is 3.54. The van der Waals surface area contributed by atoms with Crippen LogP contribution in [-0.4, -0.2) is 53.8 Å². The van der Waals surface area contributed by atoms with Crippen molar-refractivity contribution in [2.45, 2.75) is 25.4 Å². The fraction of sp³-hybridized carbons (Fsp3) is 0.421. The number of anilines is 3. The number of carbonyl (C=O) groups is 1. The van der Waals surface area contributed by atoms with Crippen LogP contribution in [-0.2, 0) is 11.3 Å². The molecule has 7 heteroatoms. The van der Waals surface area contributed by atoms with E-state index in [2.05, 4.69) is 14.9 Å². The average molecular weight is 353 g/mol. The Morgan fingerprint density at radius 2 is 1.92 bits per heavy atom. The van der Waals surface area contributed by atoms with Gasteiger partial charge in [-0.1, -0.05) is 18.2 Å². The molecule has 2 aliphatic heterocycles. The molecule has 7 nitrogen and oxygen atoms in total. The highest BCUT2D eigenvalue weighted by molar-refractivity contribution is 5.97. The van der Waals surface area contributed by atoms with Crippen molar-refractivity contribution >= 4 is 23.2 Å². The van der Waals surface area contributed by atoms with Gasteiger partial charge >= 0.3 is 0 Å². The minimum atomic E-state index is 0.0304. The average Bonchev–Trinajstić information content (AvgIpc) is 3.10. The number of aliphatic hydroxyl groups is 1. The van der Waals surface area contributed by atoms with Crippen LogP contribution in [0, 0.1) is 0 Å². The molecule has 1 atom stereocenters. The third-order valence-electron chi connectivity index (χ3n) is 5.18. The van der Waals surface area contributed by atoms with Crippen molar-refractivity contribution in [3.63, 3.8) is 0 Å². The van der Waals surface area contributed by atoms with Crippen LogP contribution in [0.25, 0.3) is 0 Å². The summed E-state index contributed by atoms with van der Waals surface area (Å²) >= 11 is 0. The number of nitrogens with zero attached hydrogens (tertiary/aromatic N) is 5. The van der Waals surface area contributed by atoms with Crippen molar-refractivity contribution in [1.82, 2.24) is 9.97 Å². The molecule has 1 N–H and O–H groups in total. The van der Waals surface area contributed by atoms with Gasteiger partial charge in [0.15, 0.2) is 0 Å². The number of carbonyl (C=O) groups excluding carboxylic acids is 1. The number of rotatable bonds is 3. The maximum absolute atomic E-state index is 12.8. The Kier molecular flexibility index (Phi) is 4.46. The maximum atomic E-state index is 12.8. The van der Waals surface area contributed by atoms with Crippen molar-refractivity contribution in [3.05, 3.63) is 42.2 Å². The standard InChI is InChI=1S/C19H23N5O2/c1-22-11-17(26)24(14-6-3-2-4-7-14)10-16-18(22)20-13-21-19(16)23-9-5-8-15(23)12-25/h2-4,6-7,13,15,25H,5,8-12H2,1H3. The fourth-order valence-electron chi connectivity index (χ4n) is 3.87. The predicted octanol–water partition coefficient (Wildman–Crippen LogP) is 1.42. The lowest BCUT2D eigenvalue weighted by Gasteiger charge is -2.28. The van der Waals surface area contributed by atoms with Crippen LogP contribution < -0.4 is 14.7 Å². The summed E-state index contributed by atoms with van der Waals surface area (Å²) in [5.74, 6) is 1.64. The summed E-state index contributed by atoms with van der Waals surface area (Å²) < 4.78 is 0. The zero-order valence-electron chi connectivity index (χ0n) is 14.9. The highest BCUT2D eigenvalue weighted by Crippen LogP contribution is 2.34. The Bertz CT molecular complexity index is 798. The van der Waals surface area contributed by atoms with Crippen molar-refractivity contribution in [1.29, 1.82) is 0 Å². The van der Waals surface area contributed by atoms with Gasteiger partial charge < -0.3 is 19.8 Å². The lowest BCUT2D eigenvalue weighted by atomic mass is 10.2. The first-order chi connectivity index (χ1) is 12.7. The normalized spacial score (nSPS) is 20.3. The van der Waals surface area contributed by atoms with E-state index in [1.807, 2.05) is 42.3 Å². The van der Waals surface area contributed by atoms with Gasteiger partial charge in [0.05, 0.1) is 31.3 Å². The minimum absolute atomic E-state index is 0.0304. The number of aliphatic hydroxyl groups excluding tert-OH is 1. The van der Waals surface area contributed by atoms with Gasteiger partial charge in [0.2, 0.25) is 5.91 Å². The third-order valence-corrected chi connectivity index (χ3v) is 5.18. The van der Waals surface area contributed by atoms with Crippen molar-refractivity contribution in [2.75, 3.05) is 41.4 Å². The van der Waals surface area contributed by atoms with E-state index in [4.69, 9.17) is 0 Å². The number of amides is 1. The Morgan fingerprint density at radius 1 is 1.15 bits per heavy atom. The predicted molar refractivity (Wildman–Crippen MR) is 100 cm³/mol. The number of para-hydroxylation sites is 1. The van der Waals surface area contributed by atoms with Crippen molar-refractivity contribution < 1.29 is 9.90 Å². The van der Waals surface area contributed by atoms with Gasteiger partial charge in [-0.25, -0.2) is 9.97 Å². The topological polar surface area (TPSA) is 72.8 Å². The lowest BCUT2D eigenvalue weighted by molar-refractivity contribution is -0.117. The molecule has 0 bridgehead atoms. The second kappa shape index (κ2) is 6.92. The van der Waals surface area contributed by atoms with E-state index >= 15 is 0 Å². The molecule has 1 fully saturated rings. The second-order valence-electron chi connectivity index (χ2n) is 6.84. The van der Waals surface area contributed by atoms with Crippen molar-refractivity contribution in [3.8, 4) is 0 Å². The summed E-state index contributed by atoms with van der Waals surface area (Å²) in [5, 5.41) is 9.72. The van der Waals surface area contributed by atoms with Crippen LogP contribution in [0.5, 0.6) is 0 Å². The number of likely N-dealkylation sites (N-methyl/N-ethyl adjacent to an activating group) is 1. The van der Waals surface area contributed by atoms with E-state index in [9.17, 15) is 9.90 Å². The molecule has 1 aromatic carbocycles. The van der Waals surface area contributed by atoms with Crippen LogP contribution in [0.1, 0.15) is 18.4 Å². The summed E-state index contributed by atoms with van der Waals surface area (Å²) in [6.45, 7) is 1.66. The molecule has 1 unspecified atom stereocenters. The smallest absolute Gasteiger partial charge is 0.246 e. The van der Waals surface area contributed by atoms with Crippen LogP contribution in [0.4, 0.5) is 17.3 Å². The van der Waals surface area contributed by atoms with E-state index in [-0.39, 0.29) is 25.1 Å². The molecule has 2 aromatic rings. The van der Waals surface area contributed by atoms with Gasteiger partial charge in [-0.05, 0) is 25.0 Å². The van der Waals surface area contributed by atoms with Gasteiger partial charge in [0, 0.05) is 19.3 Å². The lowest BCUT2D eigenvalue weighted by Crippen LogP contribution is -2.36. The zero-order chi connectivity index (χ0) is 18.1. The maximum Gasteiger partial charge on any atom is 0.246 e. The Labute approximate surface area is 152 Å². The quantitative estimate of drug-likeness (QED) is 0.900. The molecule has 0 radical (unpaired) electrons. The van der Waals surface area contributed by atoms with Gasteiger partial charge in [-0.3, -0.25) is 4.79 Å². The molecular formula is C19H23N5O2. The van der Waals surface area contributed by atoms with Crippen LogP contribution in [0.3, 0.4) is 0 Å². The summed E-state index contributed by atoms with van der Waals surface area (Å²) in [4.78, 5) is 27.7. The SMILES string of the molecule is CN1CC(=O)N(c2ccccc2)Cc2c1ncnc2N1CCCC1CO. The van der Waals surface area contributed by atoms with E-state index in [0.717, 1.165) is 42.3 Å². The molecule has 1 saturated heterocycles. The number of benzene rings is 1. The van der Waals surface area contributed by atoms with Gasteiger partial charge in [-0.2, -0.15) is 0 Å². The van der Waals surface area contributed by atoms with E-state index in [1.54, 1.807) is 11.2 Å². The number of fused-ring (bicyclic) bond motifs is 1. The minimum Gasteiger partial charge on any atom is -0.394 e. The molecule has 4 rings (SSSR count). The molecule has 26 heavy (non-hydrogen) atoms. The fourth-order valence-corrected chi connectivity index (χ4v) is 3.87. The number of hydrogen-bond acceptors (Lipinski definition) is 6. The zero-order valence-corrected chi connectivity index (χ0v) is 14.9. The highest BCUT2D eigenvalue weighted by Gasteiger charge is 2.32. The molecule has 0 spiro atoms. The third kappa shape index (κ3) is 2.88. The summed E-state index contributed by atoms with van der Waals surface area (Å²) in [6, 6.07) is 9.77. The van der Waals surface area contributed by atoms with Gasteiger partial charge in [-0.15, -0.1) is 0 Å². The van der Waals surface area contributed by atoms with Crippen molar-refractivity contribution in [2.24, 2.45) is 0 Å². The largest absolute Gasteiger partial charge is 0.394 e. The Hall–Kier alpha value is -2.67. The Balaban J connectivity index is 1.78. The van der Waals surface area contributed by atoms with Gasteiger partial charge in [0.1, 0.15) is 18.0 Å².